The molecule has 2 heterocycles. The molecule has 0 atom stereocenters. The van der Waals surface area contributed by atoms with Gasteiger partial charge in [-0.1, -0.05) is 12.1 Å². The summed E-state index contributed by atoms with van der Waals surface area (Å²) in [5.74, 6) is 1.80. The average molecular weight is 393 g/mol. The maximum absolute atomic E-state index is 12.4. The third-order valence-corrected chi connectivity index (χ3v) is 5.35. The van der Waals surface area contributed by atoms with E-state index in [-0.39, 0.29) is 5.91 Å². The van der Waals surface area contributed by atoms with E-state index in [1.807, 2.05) is 30.3 Å². The Kier molecular flexibility index (Phi) is 5.67. The van der Waals surface area contributed by atoms with Crippen LogP contribution in [0, 0.1) is 0 Å². The van der Waals surface area contributed by atoms with Crippen molar-refractivity contribution in [1.82, 2.24) is 14.5 Å². The number of aromatic nitrogens is 2. The number of ether oxygens (including phenoxy) is 1. The summed E-state index contributed by atoms with van der Waals surface area (Å²) in [6, 6.07) is 15.6. The van der Waals surface area contributed by atoms with Crippen molar-refractivity contribution in [3.63, 3.8) is 0 Å². The molecule has 4 rings (SSSR count). The van der Waals surface area contributed by atoms with E-state index < -0.39 is 0 Å². The van der Waals surface area contributed by atoms with Crippen LogP contribution in [-0.4, -0.2) is 60.2 Å². The zero-order chi connectivity index (χ0) is 20.2. The van der Waals surface area contributed by atoms with Crippen molar-refractivity contribution >= 4 is 28.6 Å². The summed E-state index contributed by atoms with van der Waals surface area (Å²) in [6.45, 7) is 6.83. The number of imidazole rings is 1. The highest BCUT2D eigenvalue weighted by Crippen LogP contribution is 2.23. The van der Waals surface area contributed by atoms with Gasteiger partial charge < -0.3 is 19.5 Å². The molecule has 0 bridgehead atoms. The second-order valence-corrected chi connectivity index (χ2v) is 7.18. The van der Waals surface area contributed by atoms with Crippen molar-refractivity contribution < 1.29 is 9.53 Å². The Morgan fingerprint density at radius 1 is 1.07 bits per heavy atom. The molecule has 0 saturated carbocycles. The topological polar surface area (TPSA) is 62.6 Å². The number of fused-ring (bicyclic) bond motifs is 1. The average Bonchev–Trinajstić information content (AvgIpc) is 3.13. The monoisotopic (exact) mass is 393 g/mol. The number of nitrogens with one attached hydrogen (secondary N) is 1. The number of methoxy groups -OCH3 is 1. The highest BCUT2D eigenvalue weighted by atomic mass is 16.5. The van der Waals surface area contributed by atoms with E-state index in [9.17, 15) is 4.79 Å². The van der Waals surface area contributed by atoms with Crippen LogP contribution in [0.3, 0.4) is 0 Å². The molecule has 1 saturated heterocycles. The van der Waals surface area contributed by atoms with Crippen LogP contribution < -0.4 is 15.0 Å². The second-order valence-electron chi connectivity index (χ2n) is 7.18. The number of piperazine rings is 1. The fourth-order valence-electron chi connectivity index (χ4n) is 3.80. The van der Waals surface area contributed by atoms with Gasteiger partial charge in [-0.15, -0.1) is 0 Å². The second kappa shape index (κ2) is 8.53. The highest BCUT2D eigenvalue weighted by Gasteiger charge is 2.23. The largest absolute Gasteiger partial charge is 0.497 e. The maximum Gasteiger partial charge on any atom is 0.238 e. The fraction of sp³-hybridized carbons (Fsp3) is 0.364. The number of aryl methyl sites for hydroxylation is 1. The number of hydrogen-bond donors (Lipinski definition) is 1. The minimum atomic E-state index is 0.00409. The van der Waals surface area contributed by atoms with Crippen LogP contribution >= 0.6 is 0 Å². The van der Waals surface area contributed by atoms with Crippen molar-refractivity contribution in [2.75, 3.05) is 50.1 Å². The Labute approximate surface area is 170 Å². The van der Waals surface area contributed by atoms with E-state index in [0.717, 1.165) is 55.6 Å². The van der Waals surface area contributed by atoms with E-state index in [1.54, 1.807) is 7.11 Å². The van der Waals surface area contributed by atoms with Crippen molar-refractivity contribution in [3.8, 4) is 5.75 Å². The summed E-state index contributed by atoms with van der Waals surface area (Å²) >= 11 is 0. The van der Waals surface area contributed by atoms with E-state index in [0.29, 0.717) is 6.54 Å². The first-order valence-corrected chi connectivity index (χ1v) is 10.0. The summed E-state index contributed by atoms with van der Waals surface area (Å²) in [5, 5.41) is 2.95. The van der Waals surface area contributed by atoms with Crippen molar-refractivity contribution in [1.29, 1.82) is 0 Å². The normalized spacial score (nSPS) is 14.9. The SMILES string of the molecule is CCn1c(N2CCN(CC(=O)Nc3ccc(OC)cc3)CC2)nc2ccccc21. The lowest BCUT2D eigenvalue weighted by atomic mass is 10.3. The highest BCUT2D eigenvalue weighted by molar-refractivity contribution is 5.92. The molecule has 152 valence electrons. The van der Waals surface area contributed by atoms with Crippen LogP contribution in [0.25, 0.3) is 11.0 Å². The van der Waals surface area contributed by atoms with Crippen LogP contribution in [0.1, 0.15) is 6.92 Å². The minimum Gasteiger partial charge on any atom is -0.497 e. The van der Waals surface area contributed by atoms with Crippen molar-refractivity contribution in [3.05, 3.63) is 48.5 Å². The van der Waals surface area contributed by atoms with Crippen molar-refractivity contribution in [2.24, 2.45) is 0 Å². The lowest BCUT2D eigenvalue weighted by Crippen LogP contribution is -2.49. The molecule has 29 heavy (non-hydrogen) atoms. The summed E-state index contributed by atoms with van der Waals surface area (Å²) in [5.41, 5.74) is 2.99. The predicted octanol–water partition coefficient (Wildman–Crippen LogP) is 2.83. The number of anilines is 2. The number of amides is 1. The van der Waals surface area contributed by atoms with Gasteiger partial charge in [-0.25, -0.2) is 4.98 Å². The molecule has 3 aromatic rings. The van der Waals surface area contributed by atoms with Crippen LogP contribution in [0.2, 0.25) is 0 Å². The first kappa shape index (κ1) is 19.3. The lowest BCUT2D eigenvalue weighted by Gasteiger charge is -2.35. The maximum atomic E-state index is 12.4. The Morgan fingerprint density at radius 2 is 1.79 bits per heavy atom. The third kappa shape index (κ3) is 4.19. The van der Waals surface area contributed by atoms with E-state index in [2.05, 4.69) is 44.8 Å². The molecule has 1 fully saturated rings. The quantitative estimate of drug-likeness (QED) is 0.698. The standard InChI is InChI=1S/C22H27N5O2/c1-3-27-20-7-5-4-6-19(20)24-22(27)26-14-12-25(13-15-26)16-21(28)23-17-8-10-18(29-2)11-9-17/h4-11H,3,12-16H2,1-2H3,(H,23,28). The van der Waals surface area contributed by atoms with Crippen molar-refractivity contribution in [2.45, 2.75) is 13.5 Å². The Balaban J connectivity index is 1.34. The minimum absolute atomic E-state index is 0.00409. The van der Waals surface area contributed by atoms with E-state index >= 15 is 0 Å². The van der Waals surface area contributed by atoms with E-state index in [4.69, 9.17) is 9.72 Å². The molecular weight excluding hydrogens is 366 g/mol. The summed E-state index contributed by atoms with van der Waals surface area (Å²) < 4.78 is 7.41. The molecule has 0 spiro atoms. The molecule has 1 amide bonds. The van der Waals surface area contributed by atoms with Gasteiger partial charge in [0, 0.05) is 38.4 Å². The fourth-order valence-corrected chi connectivity index (χ4v) is 3.80. The Hall–Kier alpha value is -3.06. The number of carbonyl (C=O) groups excluding carboxylic acids is 1. The molecule has 0 aliphatic carbocycles. The van der Waals surface area contributed by atoms with Gasteiger partial charge in [0.1, 0.15) is 5.75 Å². The van der Waals surface area contributed by atoms with Gasteiger partial charge in [0.2, 0.25) is 11.9 Å². The van der Waals surface area contributed by atoms with Gasteiger partial charge in [-0.2, -0.15) is 0 Å². The molecule has 1 aliphatic rings. The number of carbonyl (C=O) groups is 1. The smallest absolute Gasteiger partial charge is 0.238 e. The number of hydrogen-bond acceptors (Lipinski definition) is 5. The van der Waals surface area contributed by atoms with Gasteiger partial charge in [0.05, 0.1) is 24.7 Å². The molecule has 7 heteroatoms. The van der Waals surface area contributed by atoms with E-state index in [1.165, 1.54) is 5.52 Å². The van der Waals surface area contributed by atoms with Gasteiger partial charge >= 0.3 is 0 Å². The van der Waals surface area contributed by atoms with Gasteiger partial charge in [0.15, 0.2) is 0 Å². The molecule has 1 N–H and O–H groups in total. The summed E-state index contributed by atoms with van der Waals surface area (Å²) in [6.07, 6.45) is 0. The predicted molar refractivity (Wildman–Crippen MR) is 116 cm³/mol. The molecule has 0 radical (unpaired) electrons. The molecule has 1 aromatic heterocycles. The first-order chi connectivity index (χ1) is 14.2. The van der Waals surface area contributed by atoms with Crippen LogP contribution in [0.15, 0.2) is 48.5 Å². The number of benzene rings is 2. The zero-order valence-corrected chi connectivity index (χ0v) is 17.0. The number of rotatable bonds is 6. The Morgan fingerprint density at radius 3 is 2.48 bits per heavy atom. The summed E-state index contributed by atoms with van der Waals surface area (Å²) in [4.78, 5) is 21.7. The first-order valence-electron chi connectivity index (χ1n) is 10.0. The molecular formula is C22H27N5O2. The third-order valence-electron chi connectivity index (χ3n) is 5.35. The number of nitrogens with zero attached hydrogens (tertiary/aromatic N) is 4. The van der Waals surface area contributed by atoms with Crippen LogP contribution in [0.4, 0.5) is 11.6 Å². The molecule has 0 unspecified atom stereocenters. The van der Waals surface area contributed by atoms with Crippen LogP contribution in [0.5, 0.6) is 5.75 Å². The zero-order valence-electron chi connectivity index (χ0n) is 17.0. The number of para-hydroxylation sites is 2. The van der Waals surface area contributed by atoms with Crippen LogP contribution in [-0.2, 0) is 11.3 Å². The summed E-state index contributed by atoms with van der Waals surface area (Å²) in [7, 11) is 1.63. The molecule has 1 aliphatic heterocycles. The van der Waals surface area contributed by atoms with Gasteiger partial charge in [0.25, 0.3) is 0 Å². The molecule has 7 nitrogen and oxygen atoms in total. The Bertz CT molecular complexity index is 975. The van der Waals surface area contributed by atoms with Gasteiger partial charge in [-0.05, 0) is 43.3 Å². The molecule has 2 aromatic carbocycles. The lowest BCUT2D eigenvalue weighted by molar-refractivity contribution is -0.117. The van der Waals surface area contributed by atoms with Gasteiger partial charge in [-0.3, -0.25) is 9.69 Å².